The van der Waals surface area contributed by atoms with Gasteiger partial charge in [0, 0.05) is 6.54 Å². The molecule has 0 saturated heterocycles. The third-order valence-electron chi connectivity index (χ3n) is 3.54. The molecule has 0 fully saturated rings. The number of hydrogen-bond acceptors (Lipinski definition) is 3. The van der Waals surface area contributed by atoms with Crippen LogP contribution < -0.4 is 5.32 Å². The van der Waals surface area contributed by atoms with Crippen molar-refractivity contribution in [1.82, 2.24) is 4.98 Å². The van der Waals surface area contributed by atoms with E-state index in [1.165, 1.54) is 16.3 Å². The zero-order chi connectivity index (χ0) is 14.7. The molecule has 3 heteroatoms. The van der Waals surface area contributed by atoms with Crippen LogP contribution >= 0.6 is 0 Å². The summed E-state index contributed by atoms with van der Waals surface area (Å²) in [4.78, 5) is 4.31. The Kier molecular flexibility index (Phi) is 3.53. The molecule has 0 saturated carbocycles. The van der Waals surface area contributed by atoms with Crippen molar-refractivity contribution in [1.29, 1.82) is 5.26 Å². The van der Waals surface area contributed by atoms with Gasteiger partial charge in [-0.3, -0.25) is 0 Å². The Morgan fingerprint density at radius 3 is 2.71 bits per heavy atom. The highest BCUT2D eigenvalue weighted by Crippen LogP contribution is 2.19. The van der Waals surface area contributed by atoms with E-state index in [1.54, 1.807) is 0 Å². The SMILES string of the molecule is Cc1ccc(NCc2cccc3ccccc23)nc1C#N. The summed E-state index contributed by atoms with van der Waals surface area (Å²) < 4.78 is 0. The van der Waals surface area contributed by atoms with E-state index in [4.69, 9.17) is 5.26 Å². The highest BCUT2D eigenvalue weighted by molar-refractivity contribution is 5.85. The van der Waals surface area contributed by atoms with Crippen LogP contribution in [0.1, 0.15) is 16.8 Å². The first-order valence-electron chi connectivity index (χ1n) is 6.86. The molecule has 1 aromatic heterocycles. The van der Waals surface area contributed by atoms with Crippen molar-refractivity contribution in [2.45, 2.75) is 13.5 Å². The van der Waals surface area contributed by atoms with Gasteiger partial charge in [0.2, 0.25) is 0 Å². The van der Waals surface area contributed by atoms with Crippen LogP contribution in [0.15, 0.2) is 54.6 Å². The third kappa shape index (κ3) is 2.70. The van der Waals surface area contributed by atoms with E-state index in [-0.39, 0.29) is 0 Å². The van der Waals surface area contributed by atoms with E-state index in [9.17, 15) is 0 Å². The summed E-state index contributed by atoms with van der Waals surface area (Å²) >= 11 is 0. The Hall–Kier alpha value is -2.86. The standard InChI is InChI=1S/C18H15N3/c1-13-9-10-18(21-17(13)11-19)20-12-15-7-4-6-14-5-2-3-8-16(14)15/h2-10H,12H2,1H3,(H,20,21). The van der Waals surface area contributed by atoms with Crippen molar-refractivity contribution in [3.05, 3.63) is 71.4 Å². The van der Waals surface area contributed by atoms with Gasteiger partial charge in [0.15, 0.2) is 0 Å². The lowest BCUT2D eigenvalue weighted by Crippen LogP contribution is -2.03. The Labute approximate surface area is 123 Å². The maximum atomic E-state index is 9.03. The van der Waals surface area contributed by atoms with Crippen LogP contribution in [-0.2, 0) is 6.54 Å². The molecule has 0 radical (unpaired) electrons. The average Bonchev–Trinajstić information content (AvgIpc) is 2.54. The topological polar surface area (TPSA) is 48.7 Å². The van der Waals surface area contributed by atoms with Gasteiger partial charge in [-0.15, -0.1) is 0 Å². The Bertz CT molecular complexity index is 826. The van der Waals surface area contributed by atoms with E-state index in [0.717, 1.165) is 11.4 Å². The van der Waals surface area contributed by atoms with Gasteiger partial charge in [0.25, 0.3) is 0 Å². The number of aryl methyl sites for hydroxylation is 1. The maximum absolute atomic E-state index is 9.03. The molecule has 3 nitrogen and oxygen atoms in total. The molecule has 0 atom stereocenters. The summed E-state index contributed by atoms with van der Waals surface area (Å²) in [7, 11) is 0. The number of nitriles is 1. The van der Waals surface area contributed by atoms with Crippen LogP contribution in [0, 0.1) is 18.3 Å². The average molecular weight is 273 g/mol. The van der Waals surface area contributed by atoms with Gasteiger partial charge in [0.05, 0.1) is 0 Å². The number of nitrogens with one attached hydrogen (secondary N) is 1. The van der Waals surface area contributed by atoms with Crippen molar-refractivity contribution in [2.24, 2.45) is 0 Å². The molecular weight excluding hydrogens is 258 g/mol. The molecule has 1 heterocycles. The number of hydrogen-bond donors (Lipinski definition) is 1. The summed E-state index contributed by atoms with van der Waals surface area (Å²) in [6, 6.07) is 20.5. The number of nitrogens with zero attached hydrogens (tertiary/aromatic N) is 2. The molecule has 0 aliphatic rings. The first-order valence-corrected chi connectivity index (χ1v) is 6.86. The minimum absolute atomic E-state index is 0.470. The molecule has 0 bridgehead atoms. The molecule has 0 unspecified atom stereocenters. The zero-order valence-electron chi connectivity index (χ0n) is 11.8. The van der Waals surface area contributed by atoms with Crippen molar-refractivity contribution in [3.63, 3.8) is 0 Å². The maximum Gasteiger partial charge on any atom is 0.145 e. The minimum atomic E-state index is 0.470. The van der Waals surface area contributed by atoms with E-state index in [0.29, 0.717) is 12.2 Å². The van der Waals surface area contributed by atoms with Crippen LogP contribution in [0.5, 0.6) is 0 Å². The summed E-state index contributed by atoms with van der Waals surface area (Å²) in [6.45, 7) is 2.57. The Balaban J connectivity index is 1.86. The van der Waals surface area contributed by atoms with E-state index in [2.05, 4.69) is 46.7 Å². The summed E-state index contributed by atoms with van der Waals surface area (Å²) in [5.74, 6) is 0.727. The molecular formula is C18H15N3. The normalized spacial score (nSPS) is 10.3. The second kappa shape index (κ2) is 5.64. The number of fused-ring (bicyclic) bond motifs is 1. The zero-order valence-corrected chi connectivity index (χ0v) is 11.8. The van der Waals surface area contributed by atoms with Gasteiger partial charge in [0.1, 0.15) is 17.6 Å². The molecule has 21 heavy (non-hydrogen) atoms. The molecule has 3 aromatic rings. The molecule has 0 aliphatic carbocycles. The number of pyridine rings is 1. The highest BCUT2D eigenvalue weighted by atomic mass is 15.0. The van der Waals surface area contributed by atoms with Crippen LogP contribution in [0.4, 0.5) is 5.82 Å². The first-order chi connectivity index (χ1) is 10.3. The monoisotopic (exact) mass is 273 g/mol. The highest BCUT2D eigenvalue weighted by Gasteiger charge is 2.03. The third-order valence-corrected chi connectivity index (χ3v) is 3.54. The van der Waals surface area contributed by atoms with Crippen LogP contribution in [0.2, 0.25) is 0 Å². The van der Waals surface area contributed by atoms with Crippen molar-refractivity contribution in [2.75, 3.05) is 5.32 Å². The number of rotatable bonds is 3. The van der Waals surface area contributed by atoms with Crippen LogP contribution in [0.25, 0.3) is 10.8 Å². The molecule has 3 rings (SSSR count). The first kappa shape index (κ1) is 13.1. The summed E-state index contributed by atoms with van der Waals surface area (Å²) in [5, 5.41) is 14.8. The molecule has 0 amide bonds. The minimum Gasteiger partial charge on any atom is -0.366 e. The number of anilines is 1. The lowest BCUT2D eigenvalue weighted by Gasteiger charge is -2.09. The lowest BCUT2D eigenvalue weighted by molar-refractivity contribution is 1.10. The fourth-order valence-corrected chi connectivity index (χ4v) is 2.37. The largest absolute Gasteiger partial charge is 0.366 e. The van der Waals surface area contributed by atoms with Gasteiger partial charge in [-0.05, 0) is 34.9 Å². The number of aromatic nitrogens is 1. The molecule has 102 valence electrons. The van der Waals surface area contributed by atoms with E-state index < -0.39 is 0 Å². The summed E-state index contributed by atoms with van der Waals surface area (Å²) in [5.41, 5.74) is 2.58. The molecule has 2 aromatic carbocycles. The molecule has 0 aliphatic heterocycles. The Morgan fingerprint density at radius 1 is 1.05 bits per heavy atom. The Morgan fingerprint density at radius 2 is 1.86 bits per heavy atom. The van der Waals surface area contributed by atoms with Gasteiger partial charge in [-0.25, -0.2) is 4.98 Å². The predicted molar refractivity (Wildman–Crippen MR) is 85.0 cm³/mol. The van der Waals surface area contributed by atoms with Gasteiger partial charge >= 0.3 is 0 Å². The van der Waals surface area contributed by atoms with E-state index >= 15 is 0 Å². The fourth-order valence-electron chi connectivity index (χ4n) is 2.37. The number of benzene rings is 2. The van der Waals surface area contributed by atoms with Crippen molar-refractivity contribution >= 4 is 16.6 Å². The van der Waals surface area contributed by atoms with Gasteiger partial charge in [-0.1, -0.05) is 48.5 Å². The second-order valence-electron chi connectivity index (χ2n) is 4.97. The van der Waals surface area contributed by atoms with Crippen molar-refractivity contribution in [3.8, 4) is 6.07 Å². The fraction of sp³-hybridized carbons (Fsp3) is 0.111. The predicted octanol–water partition coefficient (Wildman–Crippen LogP) is 4.03. The summed E-state index contributed by atoms with van der Waals surface area (Å²) in [6.07, 6.45) is 0. The second-order valence-corrected chi connectivity index (χ2v) is 4.97. The molecule has 0 spiro atoms. The quantitative estimate of drug-likeness (QED) is 0.783. The van der Waals surface area contributed by atoms with Gasteiger partial charge in [-0.2, -0.15) is 5.26 Å². The van der Waals surface area contributed by atoms with Gasteiger partial charge < -0.3 is 5.32 Å². The smallest absolute Gasteiger partial charge is 0.145 e. The van der Waals surface area contributed by atoms with Crippen LogP contribution in [0.3, 0.4) is 0 Å². The lowest BCUT2D eigenvalue weighted by atomic mass is 10.0. The van der Waals surface area contributed by atoms with E-state index in [1.807, 2.05) is 31.2 Å². The van der Waals surface area contributed by atoms with Crippen LogP contribution in [-0.4, -0.2) is 4.98 Å². The molecule has 1 N–H and O–H groups in total. The van der Waals surface area contributed by atoms with Crippen molar-refractivity contribution < 1.29 is 0 Å².